The van der Waals surface area contributed by atoms with Gasteiger partial charge < -0.3 is 9.64 Å². The van der Waals surface area contributed by atoms with E-state index < -0.39 is 17.3 Å². The number of piperidine rings is 1. The zero-order valence-electron chi connectivity index (χ0n) is 17.0. The summed E-state index contributed by atoms with van der Waals surface area (Å²) in [5, 5.41) is 0. The maximum absolute atomic E-state index is 13.0. The fourth-order valence-corrected chi connectivity index (χ4v) is 4.16. The van der Waals surface area contributed by atoms with E-state index >= 15 is 0 Å². The number of nitrogens with zero attached hydrogens (tertiary/aromatic N) is 3. The lowest BCUT2D eigenvalue weighted by atomic mass is 9.75. The van der Waals surface area contributed by atoms with Gasteiger partial charge in [-0.3, -0.25) is 9.69 Å². The lowest BCUT2D eigenvalue weighted by Gasteiger charge is -2.43. The van der Waals surface area contributed by atoms with Gasteiger partial charge >= 0.3 is 12.3 Å². The number of carbonyl (C=O) groups excluding carboxylic acids is 2. The summed E-state index contributed by atoms with van der Waals surface area (Å²) in [5.74, 6) is -0.223. The van der Waals surface area contributed by atoms with Crippen LogP contribution in [0, 0.1) is 5.41 Å². The molecule has 2 aliphatic heterocycles. The van der Waals surface area contributed by atoms with Crippen molar-refractivity contribution in [3.05, 3.63) is 23.9 Å². The lowest BCUT2D eigenvalue weighted by Crippen LogP contribution is -2.50. The summed E-state index contributed by atoms with van der Waals surface area (Å²) in [6, 6.07) is 1.66. The molecule has 1 aromatic rings. The topological polar surface area (TPSA) is 62.7 Å². The first kappa shape index (κ1) is 21.4. The summed E-state index contributed by atoms with van der Waals surface area (Å²) in [7, 11) is 0. The van der Waals surface area contributed by atoms with Gasteiger partial charge in [-0.2, -0.15) is 13.2 Å². The minimum Gasteiger partial charge on any atom is -0.444 e. The smallest absolute Gasteiger partial charge is 0.416 e. The molecule has 6 nitrogen and oxygen atoms in total. The van der Waals surface area contributed by atoms with Crippen LogP contribution in [0.3, 0.4) is 0 Å². The summed E-state index contributed by atoms with van der Waals surface area (Å²) >= 11 is 0. The zero-order chi connectivity index (χ0) is 21.6. The van der Waals surface area contributed by atoms with E-state index in [1.807, 2.05) is 6.92 Å². The molecule has 2 saturated heterocycles. The van der Waals surface area contributed by atoms with Gasteiger partial charge in [0.25, 0.3) is 0 Å². The van der Waals surface area contributed by atoms with Gasteiger partial charge in [0.2, 0.25) is 5.91 Å². The molecule has 2 unspecified atom stereocenters. The Morgan fingerprint density at radius 2 is 2.00 bits per heavy atom. The van der Waals surface area contributed by atoms with Crippen LogP contribution in [0.15, 0.2) is 18.3 Å². The van der Waals surface area contributed by atoms with Crippen LogP contribution >= 0.6 is 0 Å². The summed E-state index contributed by atoms with van der Waals surface area (Å²) < 4.78 is 44.5. The molecule has 2 atom stereocenters. The molecule has 3 heterocycles. The Balaban J connectivity index is 1.73. The number of likely N-dealkylation sites (tertiary alicyclic amines) is 1. The highest BCUT2D eigenvalue weighted by Crippen LogP contribution is 2.45. The maximum atomic E-state index is 13.0. The summed E-state index contributed by atoms with van der Waals surface area (Å²) in [6.45, 7) is 8.05. The van der Waals surface area contributed by atoms with Crippen molar-refractivity contribution in [1.82, 2.24) is 9.88 Å². The minimum atomic E-state index is -4.49. The molecule has 0 saturated carbocycles. The predicted octanol–water partition coefficient (Wildman–Crippen LogP) is 4.24. The van der Waals surface area contributed by atoms with Gasteiger partial charge in [0.1, 0.15) is 11.4 Å². The van der Waals surface area contributed by atoms with Crippen molar-refractivity contribution in [2.75, 3.05) is 18.0 Å². The first-order valence-corrected chi connectivity index (χ1v) is 9.63. The van der Waals surface area contributed by atoms with Crippen LogP contribution in [0.25, 0.3) is 0 Å². The monoisotopic (exact) mass is 413 g/mol. The van der Waals surface area contributed by atoms with Crippen molar-refractivity contribution in [1.29, 1.82) is 0 Å². The molecular weight excluding hydrogens is 387 g/mol. The van der Waals surface area contributed by atoms with E-state index in [4.69, 9.17) is 4.74 Å². The number of hydrogen-bond donors (Lipinski definition) is 0. The maximum Gasteiger partial charge on any atom is 0.416 e. The van der Waals surface area contributed by atoms with E-state index in [1.165, 1.54) is 4.90 Å². The van der Waals surface area contributed by atoms with Crippen LogP contribution in [0.2, 0.25) is 0 Å². The second-order valence-corrected chi connectivity index (χ2v) is 9.03. The zero-order valence-corrected chi connectivity index (χ0v) is 17.0. The van der Waals surface area contributed by atoms with E-state index in [0.29, 0.717) is 25.9 Å². The molecule has 1 spiro atoms. The van der Waals surface area contributed by atoms with Gasteiger partial charge in [-0.25, -0.2) is 9.78 Å². The van der Waals surface area contributed by atoms with Crippen LogP contribution < -0.4 is 4.90 Å². The number of ether oxygens (including phenoxy) is 1. The van der Waals surface area contributed by atoms with Crippen LogP contribution in [0.1, 0.15) is 52.5 Å². The van der Waals surface area contributed by atoms with E-state index in [9.17, 15) is 22.8 Å². The molecule has 0 N–H and O–H groups in total. The molecule has 0 aromatic carbocycles. The van der Waals surface area contributed by atoms with Gasteiger partial charge in [0.15, 0.2) is 0 Å². The second-order valence-electron chi connectivity index (χ2n) is 9.03. The highest BCUT2D eigenvalue weighted by atomic mass is 19.4. The Labute approximate surface area is 168 Å². The van der Waals surface area contributed by atoms with Crippen LogP contribution in [-0.4, -0.2) is 46.6 Å². The molecule has 0 radical (unpaired) electrons. The van der Waals surface area contributed by atoms with Gasteiger partial charge in [-0.05, 0) is 52.7 Å². The summed E-state index contributed by atoms with van der Waals surface area (Å²) in [4.78, 5) is 32.0. The van der Waals surface area contributed by atoms with Gasteiger partial charge in [-0.15, -0.1) is 0 Å². The fourth-order valence-electron chi connectivity index (χ4n) is 4.16. The Bertz CT molecular complexity index is 806. The average Bonchev–Trinajstić information content (AvgIpc) is 2.88. The summed E-state index contributed by atoms with van der Waals surface area (Å²) in [5.41, 5.74) is -1.81. The van der Waals surface area contributed by atoms with E-state index in [0.717, 1.165) is 18.3 Å². The molecule has 1 aromatic heterocycles. The Hall–Kier alpha value is -2.32. The van der Waals surface area contributed by atoms with E-state index in [-0.39, 0.29) is 35.7 Å². The third-order valence-corrected chi connectivity index (χ3v) is 5.44. The highest BCUT2D eigenvalue weighted by Gasteiger charge is 2.49. The van der Waals surface area contributed by atoms with Gasteiger partial charge in [0.05, 0.1) is 5.56 Å². The van der Waals surface area contributed by atoms with Crippen molar-refractivity contribution >= 4 is 17.8 Å². The normalized spacial score (nSPS) is 25.6. The number of alkyl halides is 3. The Kier molecular flexibility index (Phi) is 5.29. The van der Waals surface area contributed by atoms with Crippen molar-refractivity contribution in [2.45, 2.75) is 64.8 Å². The summed E-state index contributed by atoms with van der Waals surface area (Å²) in [6.07, 6.45) is -2.42. The quantitative estimate of drug-likeness (QED) is 0.691. The standard InChI is InChI=1S/C20H26F3N3O3/c1-13-10-19(6-8-25(13)17(28)29-18(2,3)4)11-16(27)26(12-19)15-9-14(5-7-24-15)20(21,22)23/h5,7,9,13H,6,8,10-12H2,1-4H3. The van der Waals surface area contributed by atoms with Gasteiger partial charge in [0, 0.05) is 37.2 Å². The number of carbonyl (C=O) groups is 2. The molecule has 0 aliphatic carbocycles. The first-order valence-electron chi connectivity index (χ1n) is 9.63. The molecular formula is C20H26F3N3O3. The van der Waals surface area contributed by atoms with Crippen molar-refractivity contribution in [2.24, 2.45) is 5.41 Å². The Morgan fingerprint density at radius 1 is 1.31 bits per heavy atom. The molecule has 0 bridgehead atoms. The molecule has 160 valence electrons. The molecule has 2 aliphatic rings. The predicted molar refractivity (Wildman–Crippen MR) is 100 cm³/mol. The third kappa shape index (κ3) is 4.64. The third-order valence-electron chi connectivity index (χ3n) is 5.44. The second kappa shape index (κ2) is 7.18. The van der Waals surface area contributed by atoms with Crippen LogP contribution in [0.4, 0.5) is 23.8 Å². The van der Waals surface area contributed by atoms with Gasteiger partial charge in [-0.1, -0.05) is 0 Å². The van der Waals surface area contributed by atoms with Crippen molar-refractivity contribution < 1.29 is 27.5 Å². The number of amides is 2. The van der Waals surface area contributed by atoms with Crippen LogP contribution in [0.5, 0.6) is 0 Å². The highest BCUT2D eigenvalue weighted by molar-refractivity contribution is 5.95. The SMILES string of the molecule is CC1CC2(CCN1C(=O)OC(C)(C)C)CC(=O)N(c1cc(C(F)(F)F)ccn1)C2. The molecule has 2 amide bonds. The number of pyridine rings is 1. The first-order chi connectivity index (χ1) is 13.3. The number of anilines is 1. The Morgan fingerprint density at radius 3 is 2.59 bits per heavy atom. The molecule has 3 rings (SSSR count). The molecule has 9 heteroatoms. The number of halogens is 3. The number of aromatic nitrogens is 1. The van der Waals surface area contributed by atoms with Crippen molar-refractivity contribution in [3.63, 3.8) is 0 Å². The lowest BCUT2D eigenvalue weighted by molar-refractivity contribution is -0.137. The molecule has 2 fully saturated rings. The number of rotatable bonds is 1. The number of hydrogen-bond acceptors (Lipinski definition) is 4. The van der Waals surface area contributed by atoms with Crippen LogP contribution in [-0.2, 0) is 15.7 Å². The van der Waals surface area contributed by atoms with Crippen molar-refractivity contribution in [3.8, 4) is 0 Å². The van der Waals surface area contributed by atoms with E-state index in [2.05, 4.69) is 4.98 Å². The average molecular weight is 413 g/mol. The minimum absolute atomic E-state index is 0.0175. The molecule has 29 heavy (non-hydrogen) atoms. The van der Waals surface area contributed by atoms with E-state index in [1.54, 1.807) is 25.7 Å². The largest absolute Gasteiger partial charge is 0.444 e. The fraction of sp³-hybridized carbons (Fsp3) is 0.650.